The van der Waals surface area contributed by atoms with Crippen LogP contribution in [-0.4, -0.2) is 240 Å². The zero-order valence-corrected chi connectivity index (χ0v) is 67.4. The van der Waals surface area contributed by atoms with Crippen molar-refractivity contribution in [2.75, 3.05) is 143 Å². The average molecular weight is 1670 g/mol. The first-order valence-corrected chi connectivity index (χ1v) is 38.5. The molecule has 0 aliphatic rings. The van der Waals surface area contributed by atoms with Gasteiger partial charge in [-0.2, -0.15) is 0 Å². The van der Waals surface area contributed by atoms with Crippen molar-refractivity contribution >= 4 is 117 Å². The number of amides is 13. The highest BCUT2D eigenvalue weighted by Gasteiger charge is 2.24. The van der Waals surface area contributed by atoms with E-state index in [-0.39, 0.29) is 159 Å². The van der Waals surface area contributed by atoms with Crippen LogP contribution >= 0.6 is 0 Å². The predicted octanol–water partition coefficient (Wildman–Crippen LogP) is 2.23. The SMILES string of the molecule is Cn1cc(NC(=O)c2nc(NC(=O)CCNC(=O)c3cc(NC(=O)c4nccn4C)cn3C)cn2C)cc1C(=O)NCCCC(=O)Nc1cn(C)c(C(=O)NCCC(=O)Nc2cc(C(=O)Nc3c[nH]c(C(=O)NCCC(=O)NCCOCCOCCOCCOCCOCCOc4ccc(NC(=O)CCCCCCC(=O)NO)cc4)n3)n(C)c2)n1. The Balaban J connectivity index is 0.595. The van der Waals surface area contributed by atoms with Crippen LogP contribution in [0.3, 0.4) is 0 Å². The summed E-state index contributed by atoms with van der Waals surface area (Å²) in [5, 5.41) is 40.6. The summed E-state index contributed by atoms with van der Waals surface area (Å²) in [7, 11) is 9.59. The molecule has 8 aromatic rings. The molecule has 0 unspecified atom stereocenters. The van der Waals surface area contributed by atoms with Crippen molar-refractivity contribution in [1.29, 1.82) is 0 Å². The van der Waals surface area contributed by atoms with E-state index >= 15 is 0 Å². The molecule has 0 saturated carbocycles. The van der Waals surface area contributed by atoms with E-state index in [1.807, 2.05) is 0 Å². The fraction of sp³-hybridized carbons (Fsp3) is 0.434. The Labute approximate surface area is 688 Å². The number of aromatic nitrogens is 11. The highest BCUT2D eigenvalue weighted by Crippen LogP contribution is 2.21. The zero-order chi connectivity index (χ0) is 86.3. The Morgan fingerprint density at radius 2 is 0.783 bits per heavy atom. The molecule has 7 heterocycles. The molecule has 1 aromatic carbocycles. The van der Waals surface area contributed by atoms with E-state index in [0.29, 0.717) is 102 Å². The van der Waals surface area contributed by atoms with Crippen LogP contribution in [0.25, 0.3) is 0 Å². The molecule has 120 heavy (non-hydrogen) atoms. The minimum atomic E-state index is -0.642. The van der Waals surface area contributed by atoms with Gasteiger partial charge in [-0.3, -0.25) is 67.5 Å². The van der Waals surface area contributed by atoms with Crippen molar-refractivity contribution in [3.05, 3.63) is 132 Å². The number of carbonyl (C=O) groups excluding carboxylic acids is 13. The number of aryl methyl sites for hydroxylation is 6. The van der Waals surface area contributed by atoms with Gasteiger partial charge in [0.1, 0.15) is 29.4 Å². The topological polar surface area (TPSA) is 551 Å². The molecule has 0 spiro atoms. The summed E-state index contributed by atoms with van der Waals surface area (Å²) in [5.41, 5.74) is 3.75. The summed E-state index contributed by atoms with van der Waals surface area (Å²) >= 11 is 0. The smallest absolute Gasteiger partial charge is 0.291 e. The standard InChI is InChI=1S/C76H102N24O20/c1-95-28-26-78-67(95)75(112)86-51-41-55(97(3)45-51)71(108)80-24-21-64(105)89-59-48-100(6)69(92-59)76(113)87-52-42-54(96(2)46-52)70(107)79-22-11-14-62(103)88-58-47-99(5)68(91-58)74(111)82-25-20-63(104)85-50-40-56(98(4)44-50)72(109)93-57-43-83-66(90-57)73(110)81-23-19-60(101)77-27-29-115-30-31-116-32-33-117-34-35-118-36-37-119-38-39-120-53-17-15-49(16-18-53)84-61(102)12-9-7-8-10-13-65(106)94-114/h15-18,26,28,40-48,114H,7-14,19-25,27,29-39H2,1-6H3,(H,77,101)(H,79,107)(H,80,108)(H,81,110)(H,82,111)(H,83,90)(H,84,102)(H,85,104)(H,86,112)(H,87,113)(H,88,103)(H,89,105)(H,93,109)(H,94,106). The summed E-state index contributed by atoms with van der Waals surface area (Å²) in [5.74, 6) is -5.40. The maximum atomic E-state index is 13.3. The number of imidazole rings is 4. The number of nitrogens with zero attached hydrogens (tertiary/aromatic N) is 10. The molecule has 44 nitrogen and oxygen atoms in total. The first kappa shape index (κ1) is 92.1. The fourth-order valence-corrected chi connectivity index (χ4v) is 11.4. The second-order valence-electron chi connectivity index (χ2n) is 27.0. The first-order valence-electron chi connectivity index (χ1n) is 38.5. The zero-order valence-electron chi connectivity index (χ0n) is 67.4. The molecule has 646 valence electrons. The molecule has 0 atom stereocenters. The molecule has 0 bridgehead atoms. The van der Waals surface area contributed by atoms with Crippen molar-refractivity contribution in [2.45, 2.75) is 70.6 Å². The van der Waals surface area contributed by atoms with Crippen molar-refractivity contribution in [3.8, 4) is 5.75 Å². The summed E-state index contributed by atoms with van der Waals surface area (Å²) in [6.45, 7) is 4.04. The van der Waals surface area contributed by atoms with E-state index in [2.05, 4.69) is 88.7 Å². The molecule has 15 N–H and O–H groups in total. The second-order valence-corrected chi connectivity index (χ2v) is 27.0. The number of aromatic amines is 1. The minimum absolute atomic E-state index is 0.00353. The first-order chi connectivity index (χ1) is 57.8. The van der Waals surface area contributed by atoms with Gasteiger partial charge in [0.2, 0.25) is 47.1 Å². The molecule has 44 heteroatoms. The molecule has 0 aliphatic carbocycles. The number of carbonyl (C=O) groups is 13. The minimum Gasteiger partial charge on any atom is -0.491 e. The molecule has 7 aromatic heterocycles. The third-order valence-corrected chi connectivity index (χ3v) is 17.4. The van der Waals surface area contributed by atoms with Gasteiger partial charge in [0.15, 0.2) is 29.1 Å². The number of anilines is 7. The Hall–Kier alpha value is -13.4. The Morgan fingerprint density at radius 3 is 1.32 bits per heavy atom. The average Bonchev–Trinajstić information content (AvgIpc) is 1.69. The lowest BCUT2D eigenvalue weighted by atomic mass is 10.1. The number of rotatable bonds is 53. The molecular formula is C76H102N24O20. The van der Waals surface area contributed by atoms with Crippen LogP contribution in [0.5, 0.6) is 5.75 Å². The van der Waals surface area contributed by atoms with Crippen molar-refractivity contribution in [3.63, 3.8) is 0 Å². The highest BCUT2D eigenvalue weighted by molar-refractivity contribution is 6.06. The van der Waals surface area contributed by atoms with Crippen LogP contribution in [0.2, 0.25) is 0 Å². The number of H-pyrrole nitrogens is 1. The Morgan fingerprint density at radius 1 is 0.350 bits per heavy atom. The van der Waals surface area contributed by atoms with E-state index in [0.717, 1.165) is 12.8 Å². The largest absolute Gasteiger partial charge is 0.491 e. The number of benzene rings is 1. The third-order valence-electron chi connectivity index (χ3n) is 17.4. The number of unbranched alkanes of at least 4 members (excludes halogenated alkanes) is 3. The van der Waals surface area contributed by atoms with E-state index in [9.17, 15) is 62.3 Å². The van der Waals surface area contributed by atoms with Gasteiger partial charge in [0, 0.05) is 169 Å². The van der Waals surface area contributed by atoms with E-state index < -0.39 is 65.0 Å². The second kappa shape index (κ2) is 48.3. The molecule has 0 aliphatic heterocycles. The third kappa shape index (κ3) is 31.2. The van der Waals surface area contributed by atoms with Crippen molar-refractivity contribution < 1.29 is 96.0 Å². The molecule has 0 fully saturated rings. The normalized spacial score (nSPS) is 11.0. The summed E-state index contributed by atoms with van der Waals surface area (Å²) in [6, 6.07) is 11.4. The van der Waals surface area contributed by atoms with Crippen molar-refractivity contribution in [1.82, 2.24) is 84.4 Å². The van der Waals surface area contributed by atoms with Gasteiger partial charge in [-0.05, 0) is 61.7 Å². The lowest BCUT2D eigenvalue weighted by Gasteiger charge is -2.10. The van der Waals surface area contributed by atoms with Gasteiger partial charge >= 0.3 is 0 Å². The molecular weight excluding hydrogens is 1570 g/mol. The summed E-state index contributed by atoms with van der Waals surface area (Å²) in [4.78, 5) is 185. The van der Waals surface area contributed by atoms with Gasteiger partial charge in [0.25, 0.3) is 41.4 Å². The predicted molar refractivity (Wildman–Crippen MR) is 432 cm³/mol. The van der Waals surface area contributed by atoms with Crippen LogP contribution in [0.4, 0.5) is 40.2 Å². The van der Waals surface area contributed by atoms with E-state index in [4.69, 9.17) is 33.6 Å². The van der Waals surface area contributed by atoms with E-state index in [1.54, 1.807) is 89.0 Å². The number of hydroxylamine groups is 1. The van der Waals surface area contributed by atoms with Crippen LogP contribution < -0.4 is 74.0 Å². The monoisotopic (exact) mass is 1670 g/mol. The molecule has 0 saturated heterocycles. The summed E-state index contributed by atoms with van der Waals surface area (Å²) in [6.07, 6.45) is 15.4. The van der Waals surface area contributed by atoms with Gasteiger partial charge in [0.05, 0.1) is 83.1 Å². The van der Waals surface area contributed by atoms with Gasteiger partial charge in [-0.25, -0.2) is 25.4 Å². The maximum Gasteiger partial charge on any atom is 0.291 e. The number of nitrogens with one attached hydrogen (secondary N) is 14. The Bertz CT molecular complexity index is 4800. The van der Waals surface area contributed by atoms with Crippen LogP contribution in [0, 0.1) is 0 Å². The van der Waals surface area contributed by atoms with Crippen LogP contribution in [0.1, 0.15) is 145 Å². The number of hydrogen-bond donors (Lipinski definition) is 15. The quantitative estimate of drug-likeness (QED) is 0.0148. The van der Waals surface area contributed by atoms with Crippen LogP contribution in [0.15, 0.2) is 92.0 Å². The van der Waals surface area contributed by atoms with Crippen molar-refractivity contribution in [2.24, 2.45) is 42.3 Å². The van der Waals surface area contributed by atoms with Gasteiger partial charge in [-0.15, -0.1) is 0 Å². The maximum absolute atomic E-state index is 13.3. The molecule has 0 radical (unpaired) electrons. The number of hydrogen-bond acceptors (Lipinski definition) is 24. The van der Waals surface area contributed by atoms with E-state index in [1.165, 1.54) is 78.2 Å². The summed E-state index contributed by atoms with van der Waals surface area (Å²) < 4.78 is 42.1. The highest BCUT2D eigenvalue weighted by atomic mass is 16.6. The fourth-order valence-electron chi connectivity index (χ4n) is 11.4. The molecule has 13 amide bonds. The lowest BCUT2D eigenvalue weighted by molar-refractivity contribution is -0.129. The Kier molecular flexibility index (Phi) is 37.1. The van der Waals surface area contributed by atoms with Gasteiger partial charge < -0.3 is 125 Å². The molecule has 8 rings (SSSR count). The number of ether oxygens (including phenoxy) is 6. The van der Waals surface area contributed by atoms with Crippen LogP contribution in [-0.2, 0) is 94.7 Å². The lowest BCUT2D eigenvalue weighted by Crippen LogP contribution is -2.32. The van der Waals surface area contributed by atoms with Gasteiger partial charge in [-0.1, -0.05) is 12.8 Å².